The highest BCUT2D eigenvalue weighted by Crippen LogP contribution is 2.54. The van der Waals surface area contributed by atoms with E-state index in [1.165, 1.54) is 0 Å². The molecule has 4 heteroatoms. The van der Waals surface area contributed by atoms with Crippen molar-refractivity contribution in [2.75, 3.05) is 13.2 Å². The van der Waals surface area contributed by atoms with E-state index < -0.39 is 0 Å². The van der Waals surface area contributed by atoms with Crippen molar-refractivity contribution < 1.29 is 10.2 Å². The van der Waals surface area contributed by atoms with E-state index in [0.717, 1.165) is 42.8 Å². The van der Waals surface area contributed by atoms with Gasteiger partial charge in [-0.1, -0.05) is 27.2 Å². The molecule has 1 saturated carbocycles. The zero-order valence-electron chi connectivity index (χ0n) is 15.5. The minimum Gasteiger partial charge on any atom is -0.508 e. The normalized spacial score (nSPS) is 39.8. The summed E-state index contributed by atoms with van der Waals surface area (Å²) in [5.74, 6) is 2.28. The fourth-order valence-electron chi connectivity index (χ4n) is 5.90. The van der Waals surface area contributed by atoms with Crippen molar-refractivity contribution in [3.63, 3.8) is 0 Å². The largest absolute Gasteiger partial charge is 0.508 e. The molecule has 6 atom stereocenters. The van der Waals surface area contributed by atoms with Crippen LogP contribution in [0.15, 0.2) is 23.2 Å². The molecule has 1 aromatic rings. The Morgan fingerprint density at radius 2 is 2.12 bits per heavy atom. The Morgan fingerprint density at radius 3 is 2.84 bits per heavy atom. The Hall–Kier alpha value is -1.39. The Balaban J connectivity index is 1.84. The molecule has 1 aromatic carbocycles. The van der Waals surface area contributed by atoms with Crippen LogP contribution in [0.1, 0.15) is 51.5 Å². The molecule has 2 fully saturated rings. The van der Waals surface area contributed by atoms with Gasteiger partial charge in [0, 0.05) is 23.1 Å². The molecular weight excluding hydrogens is 312 g/mol. The summed E-state index contributed by atoms with van der Waals surface area (Å²) in [6.07, 6.45) is 3.08. The lowest BCUT2D eigenvalue weighted by Crippen LogP contribution is -2.60. The van der Waals surface area contributed by atoms with E-state index in [4.69, 9.17) is 4.99 Å². The Bertz CT molecular complexity index is 701. The first-order valence-corrected chi connectivity index (χ1v) is 9.78. The topological polar surface area (TPSA) is 64.9 Å². The molecule has 4 rings (SSSR count). The van der Waals surface area contributed by atoms with Gasteiger partial charge in [0.2, 0.25) is 0 Å². The first kappa shape index (κ1) is 17.0. The van der Waals surface area contributed by atoms with Gasteiger partial charge in [0.15, 0.2) is 0 Å². The van der Waals surface area contributed by atoms with Crippen molar-refractivity contribution in [3.8, 4) is 5.75 Å². The molecule has 0 bridgehead atoms. The summed E-state index contributed by atoms with van der Waals surface area (Å²) in [7, 11) is 0. The van der Waals surface area contributed by atoms with Crippen molar-refractivity contribution in [2.45, 2.75) is 52.0 Å². The predicted octanol–water partition coefficient (Wildman–Crippen LogP) is 3.60. The van der Waals surface area contributed by atoms with Crippen LogP contribution in [-0.2, 0) is 0 Å². The summed E-state index contributed by atoms with van der Waals surface area (Å²) in [5, 5.41) is 24.4. The van der Waals surface area contributed by atoms with E-state index in [1.54, 1.807) is 6.07 Å². The summed E-state index contributed by atoms with van der Waals surface area (Å²) >= 11 is 0. The van der Waals surface area contributed by atoms with E-state index in [9.17, 15) is 10.2 Å². The van der Waals surface area contributed by atoms with Crippen LogP contribution in [0.4, 0.5) is 5.69 Å². The molecular formula is C21H30N2O2. The van der Waals surface area contributed by atoms with Crippen LogP contribution in [0.2, 0.25) is 0 Å². The standard InChI is InChI=1S/C21H30N2O2/c1-4-15-13(3)12(2)10-21(11-24)19(15)22-8-7-16-17-9-14(25)5-6-18(17)23-20(16)21/h5-6,9,12-13,15-16,19,22,24-25H,4,7-8,10-11H2,1-3H3. The van der Waals surface area contributed by atoms with Crippen LogP contribution in [-0.4, -0.2) is 35.1 Å². The second-order valence-electron chi connectivity index (χ2n) is 8.44. The van der Waals surface area contributed by atoms with E-state index in [-0.39, 0.29) is 24.0 Å². The third-order valence-electron chi connectivity index (χ3n) is 7.30. The van der Waals surface area contributed by atoms with Crippen molar-refractivity contribution in [2.24, 2.45) is 28.2 Å². The number of aliphatic hydroxyl groups excluding tert-OH is 1. The smallest absolute Gasteiger partial charge is 0.116 e. The molecule has 3 aliphatic rings. The van der Waals surface area contributed by atoms with Gasteiger partial charge in [-0.25, -0.2) is 0 Å². The summed E-state index contributed by atoms with van der Waals surface area (Å²) < 4.78 is 0. The molecule has 6 unspecified atom stereocenters. The maximum atomic E-state index is 10.6. The van der Waals surface area contributed by atoms with E-state index in [2.05, 4.69) is 26.1 Å². The monoisotopic (exact) mass is 342 g/mol. The van der Waals surface area contributed by atoms with Crippen LogP contribution >= 0.6 is 0 Å². The van der Waals surface area contributed by atoms with Gasteiger partial charge in [-0.15, -0.1) is 0 Å². The second kappa shape index (κ2) is 6.10. The van der Waals surface area contributed by atoms with E-state index in [1.807, 2.05) is 12.1 Å². The Morgan fingerprint density at radius 1 is 1.32 bits per heavy atom. The number of aliphatic hydroxyl groups is 1. The molecule has 0 radical (unpaired) electrons. The lowest BCUT2D eigenvalue weighted by molar-refractivity contribution is 0.0105. The van der Waals surface area contributed by atoms with Gasteiger partial charge in [0.05, 0.1) is 12.3 Å². The Labute approximate surface area is 150 Å². The van der Waals surface area contributed by atoms with Gasteiger partial charge < -0.3 is 15.5 Å². The first-order chi connectivity index (χ1) is 12.0. The number of hydrogen-bond donors (Lipinski definition) is 3. The molecule has 0 aromatic heterocycles. The van der Waals surface area contributed by atoms with Crippen LogP contribution in [0.25, 0.3) is 0 Å². The van der Waals surface area contributed by atoms with Gasteiger partial charge in [0.1, 0.15) is 5.75 Å². The summed E-state index contributed by atoms with van der Waals surface area (Å²) in [6, 6.07) is 5.79. The minimum absolute atomic E-state index is 0.146. The number of aliphatic imine (C=N–C) groups is 1. The number of benzene rings is 1. The highest BCUT2D eigenvalue weighted by Gasteiger charge is 2.56. The lowest BCUT2D eigenvalue weighted by atomic mass is 9.55. The fraction of sp³-hybridized carbons (Fsp3) is 0.667. The molecule has 0 amide bonds. The maximum absolute atomic E-state index is 10.6. The third-order valence-corrected chi connectivity index (χ3v) is 7.30. The van der Waals surface area contributed by atoms with Crippen molar-refractivity contribution in [1.82, 2.24) is 5.32 Å². The molecule has 2 aliphatic heterocycles. The number of nitrogens with zero attached hydrogens (tertiary/aromatic N) is 1. The molecule has 25 heavy (non-hydrogen) atoms. The van der Waals surface area contributed by atoms with E-state index >= 15 is 0 Å². The molecule has 3 N–H and O–H groups in total. The number of nitrogens with one attached hydrogen (secondary N) is 1. The van der Waals surface area contributed by atoms with Gasteiger partial charge in [-0.2, -0.15) is 0 Å². The van der Waals surface area contributed by atoms with Crippen molar-refractivity contribution in [1.29, 1.82) is 0 Å². The van der Waals surface area contributed by atoms with Gasteiger partial charge in [0.25, 0.3) is 0 Å². The number of aromatic hydroxyl groups is 1. The number of phenols is 1. The molecule has 1 aliphatic carbocycles. The minimum atomic E-state index is -0.289. The molecule has 1 saturated heterocycles. The highest BCUT2D eigenvalue weighted by atomic mass is 16.3. The van der Waals surface area contributed by atoms with Crippen molar-refractivity contribution in [3.05, 3.63) is 23.8 Å². The summed E-state index contributed by atoms with van der Waals surface area (Å²) in [4.78, 5) is 5.04. The van der Waals surface area contributed by atoms with Gasteiger partial charge >= 0.3 is 0 Å². The summed E-state index contributed by atoms with van der Waals surface area (Å²) in [5.41, 5.74) is 2.97. The highest BCUT2D eigenvalue weighted by molar-refractivity contribution is 6.03. The third kappa shape index (κ3) is 2.37. The lowest BCUT2D eigenvalue weighted by Gasteiger charge is -2.52. The fourth-order valence-corrected chi connectivity index (χ4v) is 5.90. The number of hydrogen-bond acceptors (Lipinski definition) is 4. The summed E-state index contributed by atoms with van der Waals surface area (Å²) in [6.45, 7) is 8.05. The predicted molar refractivity (Wildman–Crippen MR) is 101 cm³/mol. The van der Waals surface area contributed by atoms with Gasteiger partial charge in [-0.3, -0.25) is 4.99 Å². The van der Waals surface area contributed by atoms with Crippen LogP contribution in [0.5, 0.6) is 5.75 Å². The average molecular weight is 342 g/mol. The number of phenolic OH excluding ortho intramolecular Hbond substituents is 1. The quantitative estimate of drug-likeness (QED) is 0.769. The molecule has 0 spiro atoms. The average Bonchev–Trinajstić information content (AvgIpc) is 2.88. The molecule has 4 nitrogen and oxygen atoms in total. The number of rotatable bonds is 2. The Kier molecular flexibility index (Phi) is 4.16. The first-order valence-electron chi connectivity index (χ1n) is 9.78. The zero-order valence-corrected chi connectivity index (χ0v) is 15.5. The van der Waals surface area contributed by atoms with Crippen LogP contribution in [0, 0.1) is 23.2 Å². The van der Waals surface area contributed by atoms with Crippen LogP contribution in [0.3, 0.4) is 0 Å². The zero-order chi connectivity index (χ0) is 17.8. The molecule has 2 heterocycles. The number of fused-ring (bicyclic) bond motifs is 5. The second-order valence-corrected chi connectivity index (χ2v) is 8.44. The van der Waals surface area contributed by atoms with Gasteiger partial charge in [-0.05, 0) is 60.9 Å². The maximum Gasteiger partial charge on any atom is 0.116 e. The molecule has 136 valence electrons. The van der Waals surface area contributed by atoms with Crippen LogP contribution < -0.4 is 5.32 Å². The SMILES string of the molecule is CCC1C(C)C(C)CC2(CO)C3=Nc4ccc(O)cc4C3CCNC12. The van der Waals surface area contributed by atoms with Crippen molar-refractivity contribution >= 4 is 11.4 Å². The van der Waals surface area contributed by atoms with E-state index in [0.29, 0.717) is 23.5 Å².